The van der Waals surface area contributed by atoms with Gasteiger partial charge in [0.15, 0.2) is 5.65 Å². The van der Waals surface area contributed by atoms with E-state index in [1.54, 1.807) is 18.6 Å². The van der Waals surface area contributed by atoms with Crippen molar-refractivity contribution in [2.75, 3.05) is 24.5 Å². The van der Waals surface area contributed by atoms with Crippen LogP contribution in [0.4, 0.5) is 5.82 Å². The van der Waals surface area contributed by atoms with Gasteiger partial charge in [-0.3, -0.25) is 4.79 Å². The Hall–Kier alpha value is -3.47. The van der Waals surface area contributed by atoms with Gasteiger partial charge in [-0.2, -0.15) is 10.4 Å². The molecule has 3 aromatic rings. The number of carbonyl (C=O) groups excluding carboxylic acids is 1. The van der Waals surface area contributed by atoms with Crippen LogP contribution in [0.2, 0.25) is 0 Å². The molecule has 2 atom stereocenters. The second kappa shape index (κ2) is 7.75. The minimum absolute atomic E-state index is 0.0961. The summed E-state index contributed by atoms with van der Waals surface area (Å²) in [6.45, 7) is 2.32. The summed E-state index contributed by atoms with van der Waals surface area (Å²) >= 11 is 0. The van der Waals surface area contributed by atoms with E-state index in [0.29, 0.717) is 11.5 Å². The first-order valence-electron chi connectivity index (χ1n) is 10.4. The predicted octanol–water partition coefficient (Wildman–Crippen LogP) is 2.06. The maximum absolute atomic E-state index is 12.9. The number of fused-ring (bicyclic) bond motifs is 2. The van der Waals surface area contributed by atoms with Gasteiger partial charge in [0, 0.05) is 37.4 Å². The van der Waals surface area contributed by atoms with E-state index in [9.17, 15) is 4.79 Å². The third-order valence-corrected chi connectivity index (χ3v) is 6.24. The summed E-state index contributed by atoms with van der Waals surface area (Å²) in [6, 6.07) is 12.1. The molecule has 5 rings (SSSR count). The number of hydrogen-bond donors (Lipinski definition) is 0. The lowest BCUT2D eigenvalue weighted by molar-refractivity contribution is -0.132. The number of anilines is 1. The lowest BCUT2D eigenvalue weighted by Crippen LogP contribution is -2.51. The predicted molar refractivity (Wildman–Crippen MR) is 111 cm³/mol. The van der Waals surface area contributed by atoms with Crippen LogP contribution >= 0.6 is 0 Å². The fraction of sp³-hybridized carbons (Fsp3) is 0.409. The summed E-state index contributed by atoms with van der Waals surface area (Å²) < 4.78 is 1.88. The number of piperazine rings is 1. The Morgan fingerprint density at radius 3 is 2.93 bits per heavy atom. The second-order valence-electron chi connectivity index (χ2n) is 8.02. The Balaban J connectivity index is 1.19. The van der Waals surface area contributed by atoms with E-state index in [2.05, 4.69) is 37.0 Å². The molecule has 2 saturated heterocycles. The highest BCUT2D eigenvalue weighted by Gasteiger charge is 2.42. The molecule has 30 heavy (non-hydrogen) atoms. The molecular formula is C22H23N7O. The average molecular weight is 401 g/mol. The zero-order chi connectivity index (χ0) is 20.5. The zero-order valence-corrected chi connectivity index (χ0v) is 16.7. The van der Waals surface area contributed by atoms with E-state index >= 15 is 0 Å². The van der Waals surface area contributed by atoms with Crippen molar-refractivity contribution in [1.82, 2.24) is 24.5 Å². The fourth-order valence-electron chi connectivity index (χ4n) is 4.72. The largest absolute Gasteiger partial charge is 0.353 e. The molecule has 0 aromatic carbocycles. The van der Waals surface area contributed by atoms with Crippen LogP contribution in [0.5, 0.6) is 0 Å². The number of rotatable bonds is 5. The number of amides is 1. The van der Waals surface area contributed by atoms with Crippen LogP contribution < -0.4 is 4.90 Å². The first-order chi connectivity index (χ1) is 14.7. The van der Waals surface area contributed by atoms with Crippen LogP contribution in [0, 0.1) is 17.2 Å². The van der Waals surface area contributed by atoms with Gasteiger partial charge >= 0.3 is 0 Å². The fourth-order valence-corrected chi connectivity index (χ4v) is 4.72. The number of hydrogen-bond acceptors (Lipinski definition) is 6. The van der Waals surface area contributed by atoms with Crippen LogP contribution in [0.3, 0.4) is 0 Å². The van der Waals surface area contributed by atoms with Gasteiger partial charge in [-0.25, -0.2) is 14.5 Å². The van der Waals surface area contributed by atoms with Crippen molar-refractivity contribution in [2.24, 2.45) is 5.92 Å². The summed E-state index contributed by atoms with van der Waals surface area (Å²) in [7, 11) is 0. The van der Waals surface area contributed by atoms with Crippen molar-refractivity contribution in [1.29, 1.82) is 5.26 Å². The SMILES string of the molecule is N#Cc1ccc(N2CCN3C(=O)[C@@H](CCCc4cccc5ncnn45)C[C@H]3C2)nc1. The summed E-state index contributed by atoms with van der Waals surface area (Å²) in [5, 5.41) is 13.2. The molecule has 0 saturated carbocycles. The van der Waals surface area contributed by atoms with E-state index in [0.717, 1.165) is 62.5 Å². The van der Waals surface area contributed by atoms with E-state index in [-0.39, 0.29) is 12.0 Å². The van der Waals surface area contributed by atoms with Crippen LogP contribution in [0.25, 0.3) is 5.65 Å². The van der Waals surface area contributed by atoms with E-state index < -0.39 is 0 Å². The Labute approximate surface area is 174 Å². The summed E-state index contributed by atoms with van der Waals surface area (Å²) in [6.07, 6.45) is 6.82. The van der Waals surface area contributed by atoms with Crippen molar-refractivity contribution in [2.45, 2.75) is 31.7 Å². The Bertz CT molecular complexity index is 1100. The quantitative estimate of drug-likeness (QED) is 0.650. The summed E-state index contributed by atoms with van der Waals surface area (Å²) in [5.41, 5.74) is 2.55. The average Bonchev–Trinajstić information content (AvgIpc) is 3.39. The molecule has 2 aliphatic heterocycles. The molecule has 0 radical (unpaired) electrons. The highest BCUT2D eigenvalue weighted by atomic mass is 16.2. The number of carbonyl (C=O) groups is 1. The second-order valence-corrected chi connectivity index (χ2v) is 8.02. The van der Waals surface area contributed by atoms with Crippen molar-refractivity contribution >= 4 is 17.4 Å². The molecular weight excluding hydrogens is 378 g/mol. The van der Waals surface area contributed by atoms with Gasteiger partial charge in [0.1, 0.15) is 18.2 Å². The number of aromatic nitrogens is 4. The smallest absolute Gasteiger partial charge is 0.226 e. The molecule has 2 aliphatic rings. The minimum atomic E-state index is 0.0961. The van der Waals surface area contributed by atoms with Gasteiger partial charge in [0.25, 0.3) is 0 Å². The number of pyridine rings is 2. The monoisotopic (exact) mass is 401 g/mol. The summed E-state index contributed by atoms with van der Waals surface area (Å²) in [4.78, 5) is 25.8. The number of aryl methyl sites for hydroxylation is 1. The minimum Gasteiger partial charge on any atom is -0.353 e. The topological polar surface area (TPSA) is 90.4 Å². The van der Waals surface area contributed by atoms with Gasteiger partial charge < -0.3 is 9.80 Å². The highest BCUT2D eigenvalue weighted by molar-refractivity contribution is 5.82. The van der Waals surface area contributed by atoms with Gasteiger partial charge in [0.05, 0.1) is 11.6 Å². The Morgan fingerprint density at radius 2 is 2.10 bits per heavy atom. The molecule has 0 bridgehead atoms. The van der Waals surface area contributed by atoms with Crippen LogP contribution in [0.1, 0.15) is 30.5 Å². The van der Waals surface area contributed by atoms with E-state index in [4.69, 9.17) is 5.26 Å². The molecule has 0 spiro atoms. The maximum atomic E-state index is 12.9. The van der Waals surface area contributed by atoms with Gasteiger partial charge in [-0.1, -0.05) is 6.07 Å². The third kappa shape index (κ3) is 3.36. The maximum Gasteiger partial charge on any atom is 0.226 e. The normalized spacial score (nSPS) is 21.1. The van der Waals surface area contributed by atoms with E-state index in [1.165, 1.54) is 0 Å². The highest BCUT2D eigenvalue weighted by Crippen LogP contribution is 2.32. The Morgan fingerprint density at radius 1 is 1.17 bits per heavy atom. The molecule has 1 amide bonds. The molecule has 0 N–H and O–H groups in total. The lowest BCUT2D eigenvalue weighted by atomic mass is 9.97. The van der Waals surface area contributed by atoms with Crippen LogP contribution in [0.15, 0.2) is 42.9 Å². The van der Waals surface area contributed by atoms with Crippen molar-refractivity contribution < 1.29 is 4.79 Å². The van der Waals surface area contributed by atoms with Crippen molar-refractivity contribution in [3.63, 3.8) is 0 Å². The molecule has 5 heterocycles. The molecule has 8 nitrogen and oxygen atoms in total. The summed E-state index contributed by atoms with van der Waals surface area (Å²) in [5.74, 6) is 1.27. The molecule has 3 aromatic heterocycles. The molecule has 2 fully saturated rings. The number of nitriles is 1. The van der Waals surface area contributed by atoms with E-state index in [1.807, 2.05) is 22.7 Å². The molecule has 8 heteroatoms. The number of nitrogens with zero attached hydrogens (tertiary/aromatic N) is 7. The standard InChI is InChI=1S/C22H23N7O/c23-12-16-7-8-20(24-13-16)27-9-10-28-19(14-27)11-17(22(28)30)3-1-4-18-5-2-6-21-25-15-26-29(18)21/h2,5-8,13,15,17,19H,1,3-4,9-11,14H2/t17-,19-/m0/s1. The first kappa shape index (κ1) is 18.6. The van der Waals surface area contributed by atoms with Gasteiger partial charge in [0.2, 0.25) is 5.91 Å². The lowest BCUT2D eigenvalue weighted by Gasteiger charge is -2.38. The van der Waals surface area contributed by atoms with Gasteiger partial charge in [-0.05, 0) is 49.9 Å². The molecule has 0 aliphatic carbocycles. The third-order valence-electron chi connectivity index (χ3n) is 6.24. The van der Waals surface area contributed by atoms with Gasteiger partial charge in [-0.15, -0.1) is 0 Å². The molecule has 152 valence electrons. The van der Waals surface area contributed by atoms with Crippen molar-refractivity contribution in [3.8, 4) is 6.07 Å². The van der Waals surface area contributed by atoms with Crippen LogP contribution in [-0.2, 0) is 11.2 Å². The molecule has 0 unspecified atom stereocenters. The van der Waals surface area contributed by atoms with Crippen LogP contribution in [-0.4, -0.2) is 56.1 Å². The zero-order valence-electron chi connectivity index (χ0n) is 16.7. The van der Waals surface area contributed by atoms with Crippen molar-refractivity contribution in [3.05, 3.63) is 54.1 Å². The Kier molecular flexibility index (Phi) is 4.79. The first-order valence-corrected chi connectivity index (χ1v) is 10.4.